The van der Waals surface area contributed by atoms with Crippen molar-refractivity contribution in [1.82, 2.24) is 5.32 Å². The molecule has 0 heterocycles. The zero-order valence-electron chi connectivity index (χ0n) is 14.3. The molecule has 2 aromatic rings. The number of carbonyl (C=O) groups excluding carboxylic acids is 1. The van der Waals surface area contributed by atoms with E-state index in [2.05, 4.69) is 36.5 Å². The molecule has 0 aromatic heterocycles. The van der Waals surface area contributed by atoms with E-state index >= 15 is 0 Å². The second kappa shape index (κ2) is 7.82. The maximum Gasteiger partial charge on any atom is 0.261 e. The summed E-state index contributed by atoms with van der Waals surface area (Å²) in [5.74, 6) is 0.635. The van der Waals surface area contributed by atoms with Crippen LogP contribution in [0.4, 0.5) is 0 Å². The van der Waals surface area contributed by atoms with Gasteiger partial charge in [0.15, 0.2) is 6.10 Å². The Hall–Kier alpha value is -2.29. The van der Waals surface area contributed by atoms with Crippen LogP contribution >= 0.6 is 0 Å². The maximum atomic E-state index is 12.3. The average molecular weight is 311 g/mol. The molecule has 0 saturated carbocycles. The van der Waals surface area contributed by atoms with Gasteiger partial charge in [-0.15, -0.1) is 0 Å². The van der Waals surface area contributed by atoms with E-state index in [0.717, 1.165) is 23.3 Å². The summed E-state index contributed by atoms with van der Waals surface area (Å²) in [5.41, 5.74) is 3.41. The molecule has 0 bridgehead atoms. The van der Waals surface area contributed by atoms with Crippen molar-refractivity contribution in [3.05, 3.63) is 65.2 Å². The van der Waals surface area contributed by atoms with Crippen LogP contribution in [0.2, 0.25) is 0 Å². The van der Waals surface area contributed by atoms with Gasteiger partial charge in [-0.2, -0.15) is 0 Å². The molecular formula is C20H25NO2. The number of benzene rings is 2. The highest BCUT2D eigenvalue weighted by Gasteiger charge is 2.18. The van der Waals surface area contributed by atoms with Gasteiger partial charge in [0.2, 0.25) is 0 Å². The highest BCUT2D eigenvalue weighted by molar-refractivity contribution is 5.81. The molecule has 1 N–H and O–H groups in total. The van der Waals surface area contributed by atoms with Crippen molar-refractivity contribution in [3.63, 3.8) is 0 Å². The molecule has 0 aliphatic rings. The van der Waals surface area contributed by atoms with E-state index in [0.29, 0.717) is 0 Å². The van der Waals surface area contributed by atoms with Crippen molar-refractivity contribution in [2.75, 3.05) is 0 Å². The third-order valence-corrected chi connectivity index (χ3v) is 4.01. The summed E-state index contributed by atoms with van der Waals surface area (Å²) in [5, 5.41) is 3.01. The monoisotopic (exact) mass is 311 g/mol. The number of aryl methyl sites for hydroxylation is 2. The molecule has 0 aliphatic carbocycles. The standard InChI is InChI=1S/C20H25NO2/c1-5-17-10-12-18(13-11-17)15(3)21-20(22)16(4)23-19-9-7-6-8-14(19)2/h6-13,15-16H,5H2,1-4H3,(H,21,22)/t15-,16+/m0/s1. The predicted octanol–water partition coefficient (Wildman–Crippen LogP) is 4.20. The molecule has 23 heavy (non-hydrogen) atoms. The highest BCUT2D eigenvalue weighted by atomic mass is 16.5. The molecule has 0 aliphatic heterocycles. The Morgan fingerprint density at radius 3 is 2.35 bits per heavy atom. The lowest BCUT2D eigenvalue weighted by molar-refractivity contribution is -0.127. The van der Waals surface area contributed by atoms with Gasteiger partial charge < -0.3 is 10.1 Å². The van der Waals surface area contributed by atoms with Gasteiger partial charge in [0, 0.05) is 0 Å². The van der Waals surface area contributed by atoms with Crippen molar-refractivity contribution in [3.8, 4) is 5.75 Å². The van der Waals surface area contributed by atoms with E-state index in [4.69, 9.17) is 4.74 Å². The smallest absolute Gasteiger partial charge is 0.261 e. The third-order valence-electron chi connectivity index (χ3n) is 4.01. The Kier molecular flexibility index (Phi) is 5.80. The number of ether oxygens (including phenoxy) is 1. The molecule has 0 unspecified atom stereocenters. The van der Waals surface area contributed by atoms with Crippen molar-refractivity contribution in [1.29, 1.82) is 0 Å². The van der Waals surface area contributed by atoms with E-state index in [1.165, 1.54) is 5.56 Å². The largest absolute Gasteiger partial charge is 0.481 e. The Morgan fingerprint density at radius 2 is 1.74 bits per heavy atom. The Balaban J connectivity index is 1.95. The molecule has 2 aromatic carbocycles. The van der Waals surface area contributed by atoms with E-state index in [1.807, 2.05) is 38.1 Å². The minimum atomic E-state index is -0.534. The van der Waals surface area contributed by atoms with Crippen molar-refractivity contribution >= 4 is 5.91 Å². The van der Waals surface area contributed by atoms with E-state index in [9.17, 15) is 4.79 Å². The van der Waals surface area contributed by atoms with E-state index < -0.39 is 6.10 Å². The molecule has 2 rings (SSSR count). The first-order valence-corrected chi connectivity index (χ1v) is 8.12. The third kappa shape index (κ3) is 4.59. The highest BCUT2D eigenvalue weighted by Crippen LogP contribution is 2.19. The first kappa shape index (κ1) is 17.1. The zero-order chi connectivity index (χ0) is 16.8. The van der Waals surface area contributed by atoms with Gasteiger partial charge in [-0.05, 0) is 49.9 Å². The topological polar surface area (TPSA) is 38.3 Å². The Bertz CT molecular complexity index is 649. The molecule has 0 spiro atoms. The van der Waals surface area contributed by atoms with Gasteiger partial charge in [-0.3, -0.25) is 4.79 Å². The lowest BCUT2D eigenvalue weighted by Crippen LogP contribution is -2.37. The number of hydrogen-bond acceptors (Lipinski definition) is 2. The van der Waals surface area contributed by atoms with Crippen LogP contribution in [-0.2, 0) is 11.2 Å². The minimum absolute atomic E-state index is 0.0451. The summed E-state index contributed by atoms with van der Waals surface area (Å²) >= 11 is 0. The molecule has 0 fully saturated rings. The number of hydrogen-bond donors (Lipinski definition) is 1. The number of carbonyl (C=O) groups is 1. The van der Waals surface area contributed by atoms with Crippen LogP contribution in [0.25, 0.3) is 0 Å². The normalized spacial score (nSPS) is 13.2. The van der Waals surface area contributed by atoms with Crippen molar-refractivity contribution in [2.45, 2.75) is 46.3 Å². The summed E-state index contributed by atoms with van der Waals surface area (Å²) in [6, 6.07) is 16.0. The van der Waals surface area contributed by atoms with Gasteiger partial charge in [0.05, 0.1) is 6.04 Å². The molecule has 0 saturated heterocycles. The lowest BCUT2D eigenvalue weighted by Gasteiger charge is -2.20. The van der Waals surface area contributed by atoms with Gasteiger partial charge in [0.1, 0.15) is 5.75 Å². The molecule has 1 amide bonds. The van der Waals surface area contributed by atoms with Crippen molar-refractivity contribution in [2.24, 2.45) is 0 Å². The van der Waals surface area contributed by atoms with Crippen LogP contribution in [-0.4, -0.2) is 12.0 Å². The number of nitrogens with one attached hydrogen (secondary N) is 1. The molecule has 3 nitrogen and oxygen atoms in total. The molecule has 2 atom stereocenters. The minimum Gasteiger partial charge on any atom is -0.481 e. The second-order valence-electron chi connectivity index (χ2n) is 5.85. The quantitative estimate of drug-likeness (QED) is 0.868. The number of rotatable bonds is 6. The van der Waals surface area contributed by atoms with E-state index in [-0.39, 0.29) is 11.9 Å². The predicted molar refractivity (Wildman–Crippen MR) is 93.6 cm³/mol. The lowest BCUT2D eigenvalue weighted by atomic mass is 10.0. The van der Waals surface area contributed by atoms with Gasteiger partial charge in [-0.25, -0.2) is 0 Å². The van der Waals surface area contributed by atoms with Gasteiger partial charge >= 0.3 is 0 Å². The average Bonchev–Trinajstić information content (AvgIpc) is 2.56. The van der Waals surface area contributed by atoms with Crippen molar-refractivity contribution < 1.29 is 9.53 Å². The molecule has 3 heteroatoms. The summed E-state index contributed by atoms with van der Waals surface area (Å²) in [7, 11) is 0. The molecule has 0 radical (unpaired) electrons. The Labute approximate surface area is 138 Å². The Morgan fingerprint density at radius 1 is 1.09 bits per heavy atom. The van der Waals surface area contributed by atoms with Crippen LogP contribution < -0.4 is 10.1 Å². The van der Waals surface area contributed by atoms with Crippen LogP contribution in [0.15, 0.2) is 48.5 Å². The number of amides is 1. The first-order chi connectivity index (χ1) is 11.0. The summed E-state index contributed by atoms with van der Waals surface area (Å²) in [4.78, 5) is 12.3. The zero-order valence-corrected chi connectivity index (χ0v) is 14.3. The fourth-order valence-corrected chi connectivity index (χ4v) is 2.39. The molecule has 122 valence electrons. The summed E-state index contributed by atoms with van der Waals surface area (Å²) in [6.07, 6.45) is 0.482. The van der Waals surface area contributed by atoms with Gasteiger partial charge in [-0.1, -0.05) is 49.4 Å². The maximum absolute atomic E-state index is 12.3. The van der Waals surface area contributed by atoms with Gasteiger partial charge in [0.25, 0.3) is 5.91 Å². The fourth-order valence-electron chi connectivity index (χ4n) is 2.39. The summed E-state index contributed by atoms with van der Waals surface area (Å²) < 4.78 is 5.77. The van der Waals surface area contributed by atoms with Crippen LogP contribution in [0.1, 0.15) is 43.5 Å². The second-order valence-corrected chi connectivity index (χ2v) is 5.85. The van der Waals surface area contributed by atoms with E-state index in [1.54, 1.807) is 6.92 Å². The first-order valence-electron chi connectivity index (χ1n) is 8.12. The van der Waals surface area contributed by atoms with Crippen LogP contribution in [0, 0.1) is 6.92 Å². The molecular weight excluding hydrogens is 286 g/mol. The van der Waals surface area contributed by atoms with Crippen LogP contribution in [0.3, 0.4) is 0 Å². The fraction of sp³-hybridized carbons (Fsp3) is 0.350. The SMILES string of the molecule is CCc1ccc([C@H](C)NC(=O)[C@@H](C)Oc2ccccc2C)cc1. The van der Waals surface area contributed by atoms with Crippen LogP contribution in [0.5, 0.6) is 5.75 Å². The number of para-hydroxylation sites is 1. The summed E-state index contributed by atoms with van der Waals surface area (Å²) in [6.45, 7) is 7.86.